The number of amides is 1. The van der Waals surface area contributed by atoms with E-state index in [2.05, 4.69) is 10.4 Å². The van der Waals surface area contributed by atoms with Crippen LogP contribution in [0.5, 0.6) is 0 Å². The maximum absolute atomic E-state index is 11.6. The second-order valence-electron chi connectivity index (χ2n) is 4.04. The number of aryl methyl sites for hydroxylation is 1. The molecule has 0 bridgehead atoms. The quantitative estimate of drug-likeness (QED) is 0.803. The average Bonchev–Trinajstić information content (AvgIpc) is 2.89. The van der Waals surface area contributed by atoms with E-state index >= 15 is 0 Å². The van der Waals surface area contributed by atoms with E-state index in [1.807, 2.05) is 17.5 Å². The van der Waals surface area contributed by atoms with E-state index in [-0.39, 0.29) is 11.5 Å². The highest BCUT2D eigenvalue weighted by Crippen LogP contribution is 2.08. The maximum Gasteiger partial charge on any atom is 0.266 e. The summed E-state index contributed by atoms with van der Waals surface area (Å²) in [7, 11) is 0. The molecule has 0 saturated heterocycles. The summed E-state index contributed by atoms with van der Waals surface area (Å²) in [5.41, 5.74) is -0.118. The fraction of sp³-hybridized carbons (Fsp3) is 0.308. The zero-order valence-electron chi connectivity index (χ0n) is 10.4. The summed E-state index contributed by atoms with van der Waals surface area (Å²) in [4.78, 5) is 24.0. The second-order valence-corrected chi connectivity index (χ2v) is 5.08. The largest absolute Gasteiger partial charge is 0.356 e. The van der Waals surface area contributed by atoms with Crippen molar-refractivity contribution in [3.05, 3.63) is 51.1 Å². The van der Waals surface area contributed by atoms with E-state index < -0.39 is 0 Å². The van der Waals surface area contributed by atoms with Crippen molar-refractivity contribution in [2.75, 3.05) is 6.54 Å². The molecule has 2 aromatic heterocycles. The van der Waals surface area contributed by atoms with Gasteiger partial charge in [-0.1, -0.05) is 6.07 Å². The van der Waals surface area contributed by atoms with Crippen molar-refractivity contribution in [2.45, 2.75) is 19.4 Å². The molecular weight excluding hydrogens is 262 g/mol. The lowest BCUT2D eigenvalue weighted by Gasteiger charge is -2.05. The molecule has 0 fully saturated rings. The molecule has 0 aromatic carbocycles. The lowest BCUT2D eigenvalue weighted by atomic mass is 10.3. The van der Waals surface area contributed by atoms with E-state index in [1.165, 1.54) is 10.7 Å². The summed E-state index contributed by atoms with van der Waals surface area (Å²) in [6.07, 6.45) is 2.69. The minimum Gasteiger partial charge on any atom is -0.356 e. The number of hydrogen-bond donors (Lipinski definition) is 1. The molecule has 0 aliphatic carbocycles. The fourth-order valence-corrected chi connectivity index (χ4v) is 2.35. The molecular formula is C13H15N3O2S. The molecule has 100 valence electrons. The van der Waals surface area contributed by atoms with Crippen LogP contribution in [-0.4, -0.2) is 22.2 Å². The van der Waals surface area contributed by atoms with Gasteiger partial charge in [0.05, 0.1) is 6.42 Å². The zero-order chi connectivity index (χ0) is 13.5. The highest BCUT2D eigenvalue weighted by Gasteiger charge is 2.03. The van der Waals surface area contributed by atoms with Gasteiger partial charge >= 0.3 is 0 Å². The summed E-state index contributed by atoms with van der Waals surface area (Å²) < 4.78 is 1.39. The van der Waals surface area contributed by atoms with Gasteiger partial charge in [-0.05, 0) is 23.9 Å². The van der Waals surface area contributed by atoms with E-state index in [1.54, 1.807) is 23.6 Å². The Bertz CT molecular complexity index is 578. The van der Waals surface area contributed by atoms with Crippen LogP contribution >= 0.6 is 11.3 Å². The first-order chi connectivity index (χ1) is 9.25. The molecule has 0 aliphatic rings. The molecule has 2 rings (SSSR count). The first-order valence-electron chi connectivity index (χ1n) is 6.07. The number of rotatable bonds is 6. The molecule has 0 radical (unpaired) electrons. The molecule has 6 heteroatoms. The third-order valence-electron chi connectivity index (χ3n) is 2.57. The van der Waals surface area contributed by atoms with Crippen LogP contribution in [0.4, 0.5) is 0 Å². The summed E-state index contributed by atoms with van der Waals surface area (Å²) in [6, 6.07) is 6.96. The lowest BCUT2D eigenvalue weighted by molar-refractivity contribution is -0.120. The van der Waals surface area contributed by atoms with Gasteiger partial charge in [-0.2, -0.15) is 5.10 Å². The van der Waals surface area contributed by atoms with Gasteiger partial charge < -0.3 is 5.32 Å². The normalized spacial score (nSPS) is 10.3. The Balaban J connectivity index is 1.68. The van der Waals surface area contributed by atoms with Crippen LogP contribution in [-0.2, 0) is 17.8 Å². The van der Waals surface area contributed by atoms with Crippen LogP contribution in [0.3, 0.4) is 0 Å². The van der Waals surface area contributed by atoms with Gasteiger partial charge in [0, 0.05) is 30.2 Å². The fourth-order valence-electron chi connectivity index (χ4n) is 1.65. The number of aromatic nitrogens is 2. The van der Waals surface area contributed by atoms with Crippen molar-refractivity contribution >= 4 is 17.2 Å². The van der Waals surface area contributed by atoms with Crippen LogP contribution in [0, 0.1) is 0 Å². The van der Waals surface area contributed by atoms with Crippen molar-refractivity contribution in [3.63, 3.8) is 0 Å². The first kappa shape index (κ1) is 13.5. The number of carbonyl (C=O) groups excluding carboxylic acids is 1. The topological polar surface area (TPSA) is 64.0 Å². The Morgan fingerprint density at radius 3 is 3.00 bits per heavy atom. The SMILES string of the molecule is O=C(Cc1cccs1)NCCCn1ncccc1=O. The van der Waals surface area contributed by atoms with Crippen molar-refractivity contribution in [1.82, 2.24) is 15.1 Å². The highest BCUT2D eigenvalue weighted by molar-refractivity contribution is 7.10. The van der Waals surface area contributed by atoms with Crippen molar-refractivity contribution < 1.29 is 4.79 Å². The van der Waals surface area contributed by atoms with Crippen molar-refractivity contribution in [2.24, 2.45) is 0 Å². The third-order valence-corrected chi connectivity index (χ3v) is 3.45. The van der Waals surface area contributed by atoms with E-state index in [0.29, 0.717) is 25.9 Å². The Morgan fingerprint density at radius 1 is 1.37 bits per heavy atom. The molecule has 0 aliphatic heterocycles. The Labute approximate surface area is 114 Å². The first-order valence-corrected chi connectivity index (χ1v) is 6.95. The van der Waals surface area contributed by atoms with Crippen LogP contribution < -0.4 is 10.9 Å². The maximum atomic E-state index is 11.6. The summed E-state index contributed by atoms with van der Waals surface area (Å²) in [5, 5.41) is 8.74. The van der Waals surface area contributed by atoms with Gasteiger partial charge in [0.1, 0.15) is 0 Å². The second kappa shape index (κ2) is 6.84. The number of nitrogens with zero attached hydrogens (tertiary/aromatic N) is 2. The standard InChI is InChI=1S/C13H15N3O2S/c17-12(10-11-4-2-9-19-11)14-6-3-8-16-13(18)5-1-7-15-16/h1-2,4-5,7,9H,3,6,8,10H2,(H,14,17). The van der Waals surface area contributed by atoms with Crippen LogP contribution in [0.25, 0.3) is 0 Å². The molecule has 2 heterocycles. The molecule has 5 nitrogen and oxygen atoms in total. The molecule has 1 amide bonds. The summed E-state index contributed by atoms with van der Waals surface area (Å²) in [5.74, 6) is 0.0100. The Kier molecular flexibility index (Phi) is 4.85. The van der Waals surface area contributed by atoms with Crippen LogP contribution in [0.1, 0.15) is 11.3 Å². The number of carbonyl (C=O) groups is 1. The Hall–Kier alpha value is -1.95. The monoisotopic (exact) mass is 277 g/mol. The van der Waals surface area contributed by atoms with Gasteiger partial charge in [-0.15, -0.1) is 11.3 Å². The average molecular weight is 277 g/mol. The van der Waals surface area contributed by atoms with Gasteiger partial charge in [0.15, 0.2) is 0 Å². The van der Waals surface area contributed by atoms with Crippen molar-refractivity contribution in [3.8, 4) is 0 Å². The smallest absolute Gasteiger partial charge is 0.266 e. The lowest BCUT2D eigenvalue weighted by Crippen LogP contribution is -2.28. The molecule has 0 atom stereocenters. The number of hydrogen-bond acceptors (Lipinski definition) is 4. The third kappa shape index (κ3) is 4.33. The molecule has 0 spiro atoms. The molecule has 0 saturated carbocycles. The molecule has 0 unspecified atom stereocenters. The van der Waals surface area contributed by atoms with Crippen LogP contribution in [0.2, 0.25) is 0 Å². The van der Waals surface area contributed by atoms with E-state index in [9.17, 15) is 9.59 Å². The van der Waals surface area contributed by atoms with Gasteiger partial charge in [0.25, 0.3) is 5.56 Å². The van der Waals surface area contributed by atoms with Gasteiger partial charge in [0.2, 0.25) is 5.91 Å². The molecule has 2 aromatic rings. The highest BCUT2D eigenvalue weighted by atomic mass is 32.1. The molecule has 1 N–H and O–H groups in total. The predicted octanol–water partition coefficient (Wildman–Crippen LogP) is 1.05. The van der Waals surface area contributed by atoms with Crippen molar-refractivity contribution in [1.29, 1.82) is 0 Å². The summed E-state index contributed by atoms with van der Waals surface area (Å²) in [6.45, 7) is 1.06. The summed E-state index contributed by atoms with van der Waals surface area (Å²) >= 11 is 1.57. The molecule has 19 heavy (non-hydrogen) atoms. The van der Waals surface area contributed by atoms with Gasteiger partial charge in [-0.25, -0.2) is 4.68 Å². The van der Waals surface area contributed by atoms with Gasteiger partial charge in [-0.3, -0.25) is 9.59 Å². The minimum absolute atomic E-state index is 0.0100. The number of thiophene rings is 1. The minimum atomic E-state index is -0.118. The van der Waals surface area contributed by atoms with Crippen LogP contribution in [0.15, 0.2) is 40.6 Å². The van der Waals surface area contributed by atoms with E-state index in [0.717, 1.165) is 4.88 Å². The predicted molar refractivity (Wildman–Crippen MR) is 74.1 cm³/mol. The number of nitrogens with one attached hydrogen (secondary N) is 1. The Morgan fingerprint density at radius 2 is 2.26 bits per heavy atom. The zero-order valence-corrected chi connectivity index (χ0v) is 11.2. The van der Waals surface area contributed by atoms with E-state index in [4.69, 9.17) is 0 Å².